The zero-order chi connectivity index (χ0) is 17.7. The maximum Gasteiger partial charge on any atom is 0.275 e. The van der Waals surface area contributed by atoms with Crippen LogP contribution in [0.25, 0.3) is 5.65 Å². The average Bonchev–Trinajstić information content (AvgIpc) is 3.26. The molecule has 25 heavy (non-hydrogen) atoms. The first kappa shape index (κ1) is 16.1. The summed E-state index contributed by atoms with van der Waals surface area (Å²) in [7, 11) is 0. The number of pyridine rings is 1. The molecule has 1 saturated carbocycles. The number of aromatic nitrogens is 4. The van der Waals surface area contributed by atoms with E-state index >= 15 is 0 Å². The number of carbonyl (C=O) groups is 1. The molecule has 1 fully saturated rings. The van der Waals surface area contributed by atoms with E-state index in [9.17, 15) is 4.79 Å². The predicted molar refractivity (Wildman–Crippen MR) is 97.3 cm³/mol. The lowest BCUT2D eigenvalue weighted by molar-refractivity contribution is 0.101. The van der Waals surface area contributed by atoms with Gasteiger partial charge < -0.3 is 5.32 Å². The van der Waals surface area contributed by atoms with Gasteiger partial charge in [-0.25, -0.2) is 9.67 Å². The molecule has 1 amide bonds. The highest BCUT2D eigenvalue weighted by molar-refractivity contribution is 6.30. The molecule has 0 aromatic carbocycles. The van der Waals surface area contributed by atoms with Crippen molar-refractivity contribution in [2.75, 3.05) is 5.32 Å². The number of amides is 1. The number of hydrogen-bond acceptors (Lipinski definition) is 3. The Morgan fingerprint density at radius 3 is 2.84 bits per heavy atom. The Morgan fingerprint density at radius 2 is 2.12 bits per heavy atom. The third-order valence-electron chi connectivity index (χ3n) is 4.76. The minimum absolute atomic E-state index is 0.212. The monoisotopic (exact) mass is 357 g/mol. The summed E-state index contributed by atoms with van der Waals surface area (Å²) in [5, 5.41) is 8.13. The summed E-state index contributed by atoms with van der Waals surface area (Å²) in [5.74, 6) is 1.15. The lowest BCUT2D eigenvalue weighted by Crippen LogP contribution is -2.20. The Balaban J connectivity index is 1.69. The van der Waals surface area contributed by atoms with Gasteiger partial charge in [-0.05, 0) is 51.7 Å². The number of aryl methyl sites for hydroxylation is 2. The van der Waals surface area contributed by atoms with Crippen LogP contribution in [0.3, 0.4) is 0 Å². The van der Waals surface area contributed by atoms with Gasteiger partial charge in [-0.3, -0.25) is 9.20 Å². The highest BCUT2D eigenvalue weighted by Gasteiger charge is 2.31. The van der Waals surface area contributed by atoms with Crippen LogP contribution in [-0.4, -0.2) is 25.1 Å². The van der Waals surface area contributed by atoms with Crippen molar-refractivity contribution in [3.05, 3.63) is 46.5 Å². The van der Waals surface area contributed by atoms with Crippen molar-refractivity contribution >= 4 is 29.0 Å². The van der Waals surface area contributed by atoms with Gasteiger partial charge in [0.05, 0.1) is 22.5 Å². The number of imidazole rings is 1. The molecule has 1 aliphatic carbocycles. The number of nitrogens with zero attached hydrogens (tertiary/aromatic N) is 4. The van der Waals surface area contributed by atoms with Crippen LogP contribution in [0.5, 0.6) is 0 Å². The molecule has 1 atom stereocenters. The number of carbonyl (C=O) groups excluding carboxylic acids is 1. The van der Waals surface area contributed by atoms with Gasteiger partial charge in [-0.1, -0.05) is 11.6 Å². The standard InChI is InChI=1S/C18H20ClN5O/c1-10-8-16(24(22-10)12(3)13-4-5-13)21-18(25)17-11(2)20-15-7-6-14(19)9-23(15)17/h6-9,12-13H,4-5H2,1-3H3,(H,21,25). The van der Waals surface area contributed by atoms with Crippen LogP contribution in [0.4, 0.5) is 5.82 Å². The van der Waals surface area contributed by atoms with Gasteiger partial charge in [-0.2, -0.15) is 5.10 Å². The van der Waals surface area contributed by atoms with E-state index in [1.165, 1.54) is 12.8 Å². The normalized spacial score (nSPS) is 15.5. The molecule has 1 N–H and O–H groups in total. The first-order chi connectivity index (χ1) is 11.9. The van der Waals surface area contributed by atoms with E-state index < -0.39 is 0 Å². The molecule has 7 heteroatoms. The summed E-state index contributed by atoms with van der Waals surface area (Å²) < 4.78 is 3.65. The van der Waals surface area contributed by atoms with E-state index in [2.05, 4.69) is 22.3 Å². The second-order valence-corrected chi connectivity index (χ2v) is 7.21. The smallest absolute Gasteiger partial charge is 0.275 e. The molecule has 3 aromatic heterocycles. The molecule has 3 heterocycles. The zero-order valence-electron chi connectivity index (χ0n) is 14.5. The van der Waals surface area contributed by atoms with Gasteiger partial charge in [0, 0.05) is 12.3 Å². The highest BCUT2D eigenvalue weighted by Crippen LogP contribution is 2.40. The molecule has 0 spiro atoms. The molecule has 130 valence electrons. The minimum atomic E-state index is -0.212. The minimum Gasteiger partial charge on any atom is -0.305 e. The summed E-state index contributed by atoms with van der Waals surface area (Å²) in [5.41, 5.74) is 2.74. The van der Waals surface area contributed by atoms with Gasteiger partial charge in [0.15, 0.2) is 0 Å². The van der Waals surface area contributed by atoms with Crippen LogP contribution >= 0.6 is 11.6 Å². The Kier molecular flexibility index (Phi) is 3.80. The number of anilines is 1. The van der Waals surface area contributed by atoms with Crippen molar-refractivity contribution in [2.45, 2.75) is 39.7 Å². The zero-order valence-corrected chi connectivity index (χ0v) is 15.2. The summed E-state index contributed by atoms with van der Waals surface area (Å²) in [6.07, 6.45) is 4.15. The fraction of sp³-hybridized carbons (Fsp3) is 0.389. The number of hydrogen-bond donors (Lipinski definition) is 1. The van der Waals surface area contributed by atoms with Crippen LogP contribution in [0.15, 0.2) is 24.4 Å². The van der Waals surface area contributed by atoms with Crippen molar-refractivity contribution < 1.29 is 4.79 Å². The third-order valence-corrected chi connectivity index (χ3v) is 4.98. The maximum absolute atomic E-state index is 12.9. The molecule has 0 aliphatic heterocycles. The molecule has 6 nitrogen and oxygen atoms in total. The van der Waals surface area contributed by atoms with Crippen molar-refractivity contribution in [1.82, 2.24) is 19.2 Å². The van der Waals surface area contributed by atoms with Crippen LogP contribution < -0.4 is 5.32 Å². The summed E-state index contributed by atoms with van der Waals surface area (Å²) in [6.45, 7) is 5.91. The first-order valence-corrected chi connectivity index (χ1v) is 8.83. The topological polar surface area (TPSA) is 64.2 Å². The summed E-state index contributed by atoms with van der Waals surface area (Å²) >= 11 is 6.08. The maximum atomic E-state index is 12.9. The quantitative estimate of drug-likeness (QED) is 0.766. The Morgan fingerprint density at radius 1 is 1.36 bits per heavy atom. The van der Waals surface area contributed by atoms with Gasteiger partial charge >= 0.3 is 0 Å². The van der Waals surface area contributed by atoms with E-state index in [0.717, 1.165) is 11.5 Å². The molecular weight excluding hydrogens is 338 g/mol. The average molecular weight is 358 g/mol. The van der Waals surface area contributed by atoms with Crippen LogP contribution in [-0.2, 0) is 0 Å². The van der Waals surface area contributed by atoms with E-state index in [-0.39, 0.29) is 11.9 Å². The second kappa shape index (κ2) is 5.88. The van der Waals surface area contributed by atoms with E-state index in [1.54, 1.807) is 22.7 Å². The lowest BCUT2D eigenvalue weighted by atomic mass is 10.2. The Labute approximate surface area is 150 Å². The van der Waals surface area contributed by atoms with Gasteiger partial charge in [0.1, 0.15) is 17.2 Å². The predicted octanol–water partition coefficient (Wildman–Crippen LogP) is 4.02. The van der Waals surface area contributed by atoms with E-state index in [1.807, 2.05) is 24.6 Å². The SMILES string of the molecule is Cc1cc(NC(=O)c2c(C)nc3ccc(Cl)cn23)n(C(C)C2CC2)n1. The van der Waals surface area contributed by atoms with E-state index in [0.29, 0.717) is 28.0 Å². The molecule has 1 aliphatic rings. The lowest BCUT2D eigenvalue weighted by Gasteiger charge is -2.15. The van der Waals surface area contributed by atoms with Gasteiger partial charge in [0.2, 0.25) is 0 Å². The Bertz CT molecular complexity index is 969. The third kappa shape index (κ3) is 2.91. The molecular formula is C18H20ClN5O. The fourth-order valence-corrected chi connectivity index (χ4v) is 3.44. The number of nitrogens with one attached hydrogen (secondary N) is 1. The number of halogens is 1. The number of rotatable bonds is 4. The first-order valence-electron chi connectivity index (χ1n) is 8.46. The molecule has 3 aromatic rings. The van der Waals surface area contributed by atoms with Crippen LogP contribution in [0, 0.1) is 19.8 Å². The van der Waals surface area contributed by atoms with Crippen LogP contribution in [0.1, 0.15) is 47.7 Å². The summed E-state index contributed by atoms with van der Waals surface area (Å²) in [6, 6.07) is 5.75. The van der Waals surface area contributed by atoms with Crippen molar-refractivity contribution in [3.63, 3.8) is 0 Å². The molecule has 4 rings (SSSR count). The van der Waals surface area contributed by atoms with Crippen LogP contribution in [0.2, 0.25) is 5.02 Å². The van der Waals surface area contributed by atoms with E-state index in [4.69, 9.17) is 11.6 Å². The van der Waals surface area contributed by atoms with Crippen molar-refractivity contribution in [1.29, 1.82) is 0 Å². The molecule has 0 bridgehead atoms. The highest BCUT2D eigenvalue weighted by atomic mass is 35.5. The molecule has 0 radical (unpaired) electrons. The van der Waals surface area contributed by atoms with Gasteiger partial charge in [0.25, 0.3) is 5.91 Å². The van der Waals surface area contributed by atoms with Crippen molar-refractivity contribution in [2.24, 2.45) is 5.92 Å². The summed E-state index contributed by atoms with van der Waals surface area (Å²) in [4.78, 5) is 17.4. The Hall–Kier alpha value is -2.34. The fourth-order valence-electron chi connectivity index (χ4n) is 3.28. The second-order valence-electron chi connectivity index (χ2n) is 6.77. The number of fused-ring (bicyclic) bond motifs is 1. The molecule has 1 unspecified atom stereocenters. The van der Waals surface area contributed by atoms with Gasteiger partial charge in [-0.15, -0.1) is 0 Å². The molecule has 0 saturated heterocycles. The largest absolute Gasteiger partial charge is 0.305 e. The van der Waals surface area contributed by atoms with Crippen molar-refractivity contribution in [3.8, 4) is 0 Å².